The van der Waals surface area contributed by atoms with Gasteiger partial charge in [-0.25, -0.2) is 0 Å². The summed E-state index contributed by atoms with van der Waals surface area (Å²) in [6.45, 7) is 1.13. The lowest BCUT2D eigenvalue weighted by Crippen LogP contribution is -2.10. The number of aromatic nitrogens is 3. The summed E-state index contributed by atoms with van der Waals surface area (Å²) >= 11 is 5.96. The summed E-state index contributed by atoms with van der Waals surface area (Å²) in [7, 11) is 0. The fourth-order valence-electron chi connectivity index (χ4n) is 2.54. The number of phenols is 1. The number of aromatic hydroxyl groups is 1. The lowest BCUT2D eigenvalue weighted by atomic mass is 10.1. The Morgan fingerprint density at radius 2 is 1.63 bits per heavy atom. The third-order valence-electron chi connectivity index (χ3n) is 3.90. The predicted octanol–water partition coefficient (Wildman–Crippen LogP) is 3.90. The molecule has 0 saturated carbocycles. The van der Waals surface area contributed by atoms with Gasteiger partial charge in [-0.05, 0) is 54.1 Å². The summed E-state index contributed by atoms with van der Waals surface area (Å²) < 4.78 is 5.61. The first kappa shape index (κ1) is 18.9. The summed E-state index contributed by atoms with van der Waals surface area (Å²) in [5.41, 5.74) is 2.37. The van der Waals surface area contributed by atoms with Crippen molar-refractivity contribution >= 4 is 17.5 Å². The SMILES string of the molecule is Oc1ccc(CCNc2nc(Cl)nc(OCCCc3ccccc3)n2)cc1. The average Bonchev–Trinajstić information content (AvgIpc) is 2.67. The van der Waals surface area contributed by atoms with Gasteiger partial charge in [0.25, 0.3) is 0 Å². The van der Waals surface area contributed by atoms with Crippen LogP contribution in [0.1, 0.15) is 17.5 Å². The molecular weight excluding hydrogens is 364 g/mol. The van der Waals surface area contributed by atoms with E-state index in [-0.39, 0.29) is 17.0 Å². The van der Waals surface area contributed by atoms with Gasteiger partial charge in [0.15, 0.2) is 0 Å². The highest BCUT2D eigenvalue weighted by molar-refractivity contribution is 6.28. The van der Waals surface area contributed by atoms with Crippen molar-refractivity contribution in [2.45, 2.75) is 19.3 Å². The van der Waals surface area contributed by atoms with Crippen LogP contribution in [0.2, 0.25) is 5.28 Å². The first-order valence-electron chi connectivity index (χ1n) is 8.79. The number of nitrogens with one attached hydrogen (secondary N) is 1. The normalized spacial score (nSPS) is 10.6. The van der Waals surface area contributed by atoms with Crippen molar-refractivity contribution in [3.63, 3.8) is 0 Å². The summed E-state index contributed by atoms with van der Waals surface area (Å²) in [5, 5.41) is 12.5. The number of hydrogen-bond donors (Lipinski definition) is 2. The number of nitrogens with zero attached hydrogens (tertiary/aromatic N) is 3. The maximum atomic E-state index is 9.30. The fourth-order valence-corrected chi connectivity index (χ4v) is 2.69. The molecule has 6 nitrogen and oxygen atoms in total. The lowest BCUT2D eigenvalue weighted by molar-refractivity contribution is 0.286. The van der Waals surface area contributed by atoms with Gasteiger partial charge in [0.05, 0.1) is 6.61 Å². The molecule has 3 rings (SSSR count). The average molecular weight is 385 g/mol. The Labute approximate surface area is 163 Å². The second-order valence-electron chi connectivity index (χ2n) is 5.99. The van der Waals surface area contributed by atoms with Gasteiger partial charge in [-0.3, -0.25) is 0 Å². The molecule has 27 heavy (non-hydrogen) atoms. The molecule has 0 aliphatic rings. The van der Waals surface area contributed by atoms with Gasteiger partial charge >= 0.3 is 6.01 Å². The summed E-state index contributed by atoms with van der Waals surface area (Å²) in [6, 6.07) is 17.5. The van der Waals surface area contributed by atoms with Crippen LogP contribution in [0.25, 0.3) is 0 Å². The molecule has 2 aromatic carbocycles. The number of ether oxygens (including phenoxy) is 1. The van der Waals surface area contributed by atoms with Crippen LogP contribution >= 0.6 is 11.6 Å². The van der Waals surface area contributed by atoms with Crippen molar-refractivity contribution in [2.24, 2.45) is 0 Å². The fraction of sp³-hybridized carbons (Fsp3) is 0.250. The largest absolute Gasteiger partial charge is 0.508 e. The van der Waals surface area contributed by atoms with Gasteiger partial charge in [0.2, 0.25) is 11.2 Å². The lowest BCUT2D eigenvalue weighted by Gasteiger charge is -2.08. The van der Waals surface area contributed by atoms with Gasteiger partial charge in [-0.1, -0.05) is 42.5 Å². The van der Waals surface area contributed by atoms with Crippen molar-refractivity contribution < 1.29 is 9.84 Å². The maximum absolute atomic E-state index is 9.30. The molecule has 0 bridgehead atoms. The highest BCUT2D eigenvalue weighted by Crippen LogP contribution is 2.13. The molecule has 3 aromatic rings. The molecule has 0 saturated heterocycles. The molecular formula is C20H21ClN4O2. The molecule has 0 radical (unpaired) electrons. The molecule has 0 aliphatic carbocycles. The first-order valence-corrected chi connectivity index (χ1v) is 9.17. The minimum atomic E-state index is 0.0928. The van der Waals surface area contributed by atoms with E-state index in [0.717, 1.165) is 24.8 Å². The molecule has 0 fully saturated rings. The van der Waals surface area contributed by atoms with E-state index < -0.39 is 0 Å². The molecule has 140 valence electrons. The first-order chi connectivity index (χ1) is 13.2. The zero-order valence-corrected chi connectivity index (χ0v) is 15.6. The number of aryl methyl sites for hydroxylation is 1. The Morgan fingerprint density at radius 1 is 0.889 bits per heavy atom. The second kappa shape index (κ2) is 9.73. The monoisotopic (exact) mass is 384 g/mol. The number of rotatable bonds is 9. The van der Waals surface area contributed by atoms with Crippen LogP contribution in [-0.2, 0) is 12.8 Å². The van der Waals surface area contributed by atoms with Gasteiger partial charge in [0, 0.05) is 6.54 Å². The third kappa shape index (κ3) is 6.42. The van der Waals surface area contributed by atoms with Crippen LogP contribution in [0.4, 0.5) is 5.95 Å². The Morgan fingerprint density at radius 3 is 2.41 bits per heavy atom. The number of halogens is 1. The number of anilines is 1. The standard InChI is InChI=1S/C20H21ClN4O2/c21-18-23-19(22-13-12-16-8-10-17(26)11-9-16)25-20(24-18)27-14-4-7-15-5-2-1-3-6-15/h1-3,5-6,8-11,26H,4,7,12-14H2,(H,22,23,24,25). The van der Waals surface area contributed by atoms with E-state index in [1.807, 2.05) is 30.3 Å². The van der Waals surface area contributed by atoms with Crippen LogP contribution in [0, 0.1) is 0 Å². The topological polar surface area (TPSA) is 80.2 Å². The van der Waals surface area contributed by atoms with E-state index in [0.29, 0.717) is 19.1 Å². The molecule has 0 amide bonds. The molecule has 0 atom stereocenters. The Hall–Kier alpha value is -2.86. The quantitative estimate of drug-likeness (QED) is 0.545. The molecule has 2 N–H and O–H groups in total. The Bertz CT molecular complexity index is 844. The highest BCUT2D eigenvalue weighted by atomic mass is 35.5. The van der Waals surface area contributed by atoms with Gasteiger partial charge < -0.3 is 15.2 Å². The van der Waals surface area contributed by atoms with Crippen molar-refractivity contribution in [2.75, 3.05) is 18.5 Å². The van der Waals surface area contributed by atoms with Gasteiger partial charge in [-0.15, -0.1) is 0 Å². The Balaban J connectivity index is 1.46. The second-order valence-corrected chi connectivity index (χ2v) is 6.33. The van der Waals surface area contributed by atoms with Crippen LogP contribution in [-0.4, -0.2) is 33.2 Å². The molecule has 0 aliphatic heterocycles. The number of benzene rings is 2. The zero-order chi connectivity index (χ0) is 18.9. The van der Waals surface area contributed by atoms with Crippen molar-refractivity contribution in [3.8, 4) is 11.8 Å². The summed E-state index contributed by atoms with van der Waals surface area (Å²) in [4.78, 5) is 12.3. The van der Waals surface area contributed by atoms with Crippen LogP contribution in [0.5, 0.6) is 11.8 Å². The van der Waals surface area contributed by atoms with Gasteiger partial charge in [0.1, 0.15) is 5.75 Å². The van der Waals surface area contributed by atoms with E-state index in [9.17, 15) is 5.11 Å². The minimum absolute atomic E-state index is 0.0928. The molecule has 1 heterocycles. The van der Waals surface area contributed by atoms with Crippen molar-refractivity contribution in [1.29, 1.82) is 0 Å². The summed E-state index contributed by atoms with van der Waals surface area (Å²) in [5.74, 6) is 0.636. The number of hydrogen-bond acceptors (Lipinski definition) is 6. The van der Waals surface area contributed by atoms with Crippen LogP contribution in [0.15, 0.2) is 54.6 Å². The van der Waals surface area contributed by atoms with Crippen molar-refractivity contribution in [1.82, 2.24) is 15.0 Å². The van der Waals surface area contributed by atoms with Crippen molar-refractivity contribution in [3.05, 3.63) is 71.0 Å². The third-order valence-corrected chi connectivity index (χ3v) is 4.07. The maximum Gasteiger partial charge on any atom is 0.322 e. The summed E-state index contributed by atoms with van der Waals surface area (Å²) in [6.07, 6.45) is 2.55. The Kier molecular flexibility index (Phi) is 6.82. The smallest absolute Gasteiger partial charge is 0.322 e. The predicted molar refractivity (Wildman–Crippen MR) is 105 cm³/mol. The van der Waals surface area contributed by atoms with Crippen LogP contribution < -0.4 is 10.1 Å². The van der Waals surface area contributed by atoms with E-state index in [2.05, 4.69) is 32.4 Å². The number of phenolic OH excluding ortho intramolecular Hbond substituents is 1. The van der Waals surface area contributed by atoms with E-state index >= 15 is 0 Å². The highest BCUT2D eigenvalue weighted by Gasteiger charge is 2.06. The van der Waals surface area contributed by atoms with E-state index in [1.165, 1.54) is 5.56 Å². The minimum Gasteiger partial charge on any atom is -0.508 e. The van der Waals surface area contributed by atoms with E-state index in [4.69, 9.17) is 16.3 Å². The zero-order valence-electron chi connectivity index (χ0n) is 14.8. The molecule has 0 unspecified atom stereocenters. The van der Waals surface area contributed by atoms with Crippen LogP contribution in [0.3, 0.4) is 0 Å². The molecule has 1 aromatic heterocycles. The van der Waals surface area contributed by atoms with E-state index in [1.54, 1.807) is 12.1 Å². The molecule has 0 spiro atoms. The van der Waals surface area contributed by atoms with Gasteiger partial charge in [-0.2, -0.15) is 15.0 Å². The molecule has 7 heteroatoms.